The lowest BCUT2D eigenvalue weighted by Crippen LogP contribution is -2.07. The molecule has 0 aliphatic heterocycles. The molecule has 128 valence electrons. The first-order chi connectivity index (χ1) is 12.1. The fraction of sp³-hybridized carbons (Fsp3) is 0.182. The highest BCUT2D eigenvalue weighted by molar-refractivity contribution is 5.47. The number of rotatable bonds is 5. The van der Waals surface area contributed by atoms with Gasteiger partial charge in [0.2, 0.25) is 0 Å². The van der Waals surface area contributed by atoms with Crippen molar-refractivity contribution in [1.29, 1.82) is 0 Å². The summed E-state index contributed by atoms with van der Waals surface area (Å²) in [6, 6.07) is 21.7. The summed E-state index contributed by atoms with van der Waals surface area (Å²) in [5, 5.41) is 30.8. The van der Waals surface area contributed by atoms with Crippen LogP contribution in [0.1, 0.15) is 41.9 Å². The van der Waals surface area contributed by atoms with Crippen molar-refractivity contribution in [2.24, 2.45) is 0 Å². The predicted molar refractivity (Wildman–Crippen MR) is 99.2 cm³/mol. The van der Waals surface area contributed by atoms with Crippen LogP contribution in [0.2, 0.25) is 0 Å². The number of aromatic hydroxyl groups is 3. The van der Waals surface area contributed by atoms with Gasteiger partial charge in [0, 0.05) is 17.0 Å². The van der Waals surface area contributed by atoms with E-state index in [-0.39, 0.29) is 29.1 Å². The zero-order valence-electron chi connectivity index (χ0n) is 14.1. The predicted octanol–water partition coefficient (Wildman–Crippen LogP) is 5.13. The van der Waals surface area contributed by atoms with Gasteiger partial charge in [-0.15, -0.1) is 0 Å². The minimum absolute atomic E-state index is 0.0467. The molecule has 0 aromatic heterocycles. The van der Waals surface area contributed by atoms with Crippen LogP contribution < -0.4 is 0 Å². The zero-order chi connectivity index (χ0) is 17.8. The van der Waals surface area contributed by atoms with Crippen molar-refractivity contribution >= 4 is 0 Å². The second kappa shape index (κ2) is 7.31. The van der Waals surface area contributed by atoms with Crippen LogP contribution in [-0.4, -0.2) is 15.3 Å². The smallest absolute Gasteiger partial charge is 0.119 e. The van der Waals surface area contributed by atoms with Gasteiger partial charge in [0.15, 0.2) is 0 Å². The highest BCUT2D eigenvalue weighted by Gasteiger charge is 2.24. The number of hydrogen-bond donors (Lipinski definition) is 3. The maximum absolute atomic E-state index is 10.3. The molecule has 0 saturated carbocycles. The minimum atomic E-state index is -0.183. The van der Waals surface area contributed by atoms with Gasteiger partial charge in [-0.25, -0.2) is 0 Å². The Kier molecular flexibility index (Phi) is 4.94. The van der Waals surface area contributed by atoms with Crippen molar-refractivity contribution in [2.75, 3.05) is 0 Å². The van der Waals surface area contributed by atoms with E-state index >= 15 is 0 Å². The normalized spacial score (nSPS) is 12.2. The summed E-state index contributed by atoms with van der Waals surface area (Å²) < 4.78 is 0. The second-order valence-electron chi connectivity index (χ2n) is 6.37. The fourth-order valence-corrected chi connectivity index (χ4v) is 3.37. The molecule has 0 spiro atoms. The lowest BCUT2D eigenvalue weighted by atomic mass is 9.81. The van der Waals surface area contributed by atoms with Gasteiger partial charge in [-0.3, -0.25) is 0 Å². The van der Waals surface area contributed by atoms with E-state index < -0.39 is 0 Å². The Balaban J connectivity index is 2.02. The molecule has 0 bridgehead atoms. The van der Waals surface area contributed by atoms with Gasteiger partial charge in [0.25, 0.3) is 0 Å². The van der Waals surface area contributed by atoms with Crippen LogP contribution in [0.4, 0.5) is 0 Å². The van der Waals surface area contributed by atoms with E-state index in [9.17, 15) is 15.3 Å². The molecular formula is C22H22O3. The molecule has 3 aromatic carbocycles. The van der Waals surface area contributed by atoms with E-state index in [4.69, 9.17) is 0 Å². The first kappa shape index (κ1) is 16.9. The van der Waals surface area contributed by atoms with Crippen molar-refractivity contribution in [1.82, 2.24) is 0 Å². The van der Waals surface area contributed by atoms with Gasteiger partial charge in [-0.1, -0.05) is 61.5 Å². The Bertz CT molecular complexity index is 812. The molecule has 0 fully saturated rings. The van der Waals surface area contributed by atoms with Gasteiger partial charge in [-0.2, -0.15) is 0 Å². The minimum Gasteiger partial charge on any atom is -0.508 e. The Morgan fingerprint density at radius 3 is 1.36 bits per heavy atom. The van der Waals surface area contributed by atoms with Crippen molar-refractivity contribution < 1.29 is 15.3 Å². The molecule has 3 aromatic rings. The Hall–Kier alpha value is -2.94. The maximum atomic E-state index is 10.3. The highest BCUT2D eigenvalue weighted by atomic mass is 16.3. The van der Waals surface area contributed by atoms with Crippen molar-refractivity contribution in [3.63, 3.8) is 0 Å². The topological polar surface area (TPSA) is 60.7 Å². The summed E-state index contributed by atoms with van der Waals surface area (Å²) in [5.41, 5.74) is 2.40. The van der Waals surface area contributed by atoms with E-state index in [1.807, 2.05) is 43.3 Å². The summed E-state index contributed by atoms with van der Waals surface area (Å²) in [6.45, 7) is 2.04. The van der Waals surface area contributed by atoms with Crippen LogP contribution in [0.5, 0.6) is 17.2 Å². The summed E-state index contributed by atoms with van der Waals surface area (Å²) in [6.07, 6.45) is 0.646. The fourth-order valence-electron chi connectivity index (χ4n) is 3.37. The number of phenolic OH excluding ortho intramolecular Hbond substituents is 3. The summed E-state index contributed by atoms with van der Waals surface area (Å²) in [7, 11) is 0. The average molecular weight is 334 g/mol. The summed E-state index contributed by atoms with van der Waals surface area (Å²) in [4.78, 5) is 0. The lowest BCUT2D eigenvalue weighted by molar-refractivity contribution is 0.441. The number of phenols is 3. The standard InChI is InChI=1S/C22H22O3/c1-15(16-8-2-5-11-20(16)23)14-19(17-9-3-6-12-21(17)24)18-10-4-7-13-22(18)25/h2-13,15,19,23-25H,14H2,1H3. The largest absolute Gasteiger partial charge is 0.508 e. The van der Waals surface area contributed by atoms with Gasteiger partial charge in [0.1, 0.15) is 17.2 Å². The molecule has 3 rings (SSSR count). The molecular weight excluding hydrogens is 312 g/mol. The van der Waals surface area contributed by atoms with Crippen molar-refractivity contribution in [3.05, 3.63) is 89.5 Å². The maximum Gasteiger partial charge on any atom is 0.119 e. The highest BCUT2D eigenvalue weighted by Crippen LogP contribution is 2.42. The summed E-state index contributed by atoms with van der Waals surface area (Å²) in [5.74, 6) is 0.547. The molecule has 0 radical (unpaired) electrons. The van der Waals surface area contributed by atoms with E-state index in [1.54, 1.807) is 36.4 Å². The van der Waals surface area contributed by atoms with Gasteiger partial charge >= 0.3 is 0 Å². The molecule has 1 unspecified atom stereocenters. The van der Waals surface area contributed by atoms with Crippen molar-refractivity contribution in [3.8, 4) is 17.2 Å². The first-order valence-corrected chi connectivity index (χ1v) is 8.41. The molecule has 3 heteroatoms. The molecule has 25 heavy (non-hydrogen) atoms. The van der Waals surface area contributed by atoms with Crippen molar-refractivity contribution in [2.45, 2.75) is 25.2 Å². The third-order valence-corrected chi connectivity index (χ3v) is 4.68. The summed E-state index contributed by atoms with van der Waals surface area (Å²) >= 11 is 0. The third kappa shape index (κ3) is 3.61. The number of benzene rings is 3. The molecule has 0 aliphatic carbocycles. The van der Waals surface area contributed by atoms with E-state index in [0.29, 0.717) is 6.42 Å². The van der Waals surface area contributed by atoms with Gasteiger partial charge in [0.05, 0.1) is 0 Å². The van der Waals surface area contributed by atoms with Crippen LogP contribution in [0.15, 0.2) is 72.8 Å². The first-order valence-electron chi connectivity index (χ1n) is 8.41. The Labute approximate surface area is 147 Å². The van der Waals surface area contributed by atoms with E-state index in [0.717, 1.165) is 16.7 Å². The lowest BCUT2D eigenvalue weighted by Gasteiger charge is -2.24. The molecule has 1 atom stereocenters. The van der Waals surface area contributed by atoms with Gasteiger partial charge in [-0.05, 0) is 36.1 Å². The van der Waals surface area contributed by atoms with Crippen LogP contribution in [0.25, 0.3) is 0 Å². The molecule has 0 heterocycles. The molecule has 3 N–H and O–H groups in total. The van der Waals surface area contributed by atoms with Crippen LogP contribution in [-0.2, 0) is 0 Å². The van der Waals surface area contributed by atoms with E-state index in [1.165, 1.54) is 0 Å². The molecule has 0 saturated heterocycles. The number of para-hydroxylation sites is 3. The number of hydrogen-bond acceptors (Lipinski definition) is 3. The van der Waals surface area contributed by atoms with Crippen LogP contribution >= 0.6 is 0 Å². The SMILES string of the molecule is CC(CC(c1ccccc1O)c1ccccc1O)c1ccccc1O. The average Bonchev–Trinajstić information content (AvgIpc) is 2.61. The Morgan fingerprint density at radius 1 is 0.600 bits per heavy atom. The third-order valence-electron chi connectivity index (χ3n) is 4.68. The molecule has 0 amide bonds. The Morgan fingerprint density at radius 2 is 0.960 bits per heavy atom. The molecule has 3 nitrogen and oxygen atoms in total. The van der Waals surface area contributed by atoms with E-state index in [2.05, 4.69) is 0 Å². The van der Waals surface area contributed by atoms with Crippen LogP contribution in [0.3, 0.4) is 0 Å². The van der Waals surface area contributed by atoms with Gasteiger partial charge < -0.3 is 15.3 Å². The second-order valence-corrected chi connectivity index (χ2v) is 6.37. The zero-order valence-corrected chi connectivity index (χ0v) is 14.1. The molecule has 0 aliphatic rings. The van der Waals surface area contributed by atoms with Crippen LogP contribution in [0, 0.1) is 0 Å². The quantitative estimate of drug-likeness (QED) is 0.606. The monoisotopic (exact) mass is 334 g/mol.